The highest BCUT2D eigenvalue weighted by Gasteiger charge is 2.33. The number of rotatable bonds is 2. The fourth-order valence-corrected chi connectivity index (χ4v) is 3.01. The van der Waals surface area contributed by atoms with Gasteiger partial charge in [0.05, 0.1) is 24.5 Å². The van der Waals surface area contributed by atoms with Gasteiger partial charge in [0.1, 0.15) is 11.9 Å². The summed E-state index contributed by atoms with van der Waals surface area (Å²) in [5.74, 6) is 1.41. The van der Waals surface area contributed by atoms with E-state index in [0.29, 0.717) is 12.3 Å². The standard InChI is InChI=1S/C16H20N2O3/c1-9-5-6-13-11(7-9)12(19)8-14(21-13)15-10(2)17-18(3)16(15)20-4/h5-7,12,14,19H,8H2,1-4H3. The van der Waals surface area contributed by atoms with Gasteiger partial charge in [-0.3, -0.25) is 0 Å². The molecule has 0 saturated heterocycles. The van der Waals surface area contributed by atoms with Crippen molar-refractivity contribution in [3.8, 4) is 11.6 Å². The van der Waals surface area contributed by atoms with Gasteiger partial charge >= 0.3 is 0 Å². The highest BCUT2D eigenvalue weighted by Crippen LogP contribution is 2.44. The molecule has 1 aromatic heterocycles. The van der Waals surface area contributed by atoms with Gasteiger partial charge in [-0.25, -0.2) is 4.68 Å². The van der Waals surface area contributed by atoms with Crippen molar-refractivity contribution >= 4 is 0 Å². The van der Waals surface area contributed by atoms with Crippen LogP contribution >= 0.6 is 0 Å². The third kappa shape index (κ3) is 2.27. The molecule has 2 heterocycles. The van der Waals surface area contributed by atoms with Crippen LogP contribution in [0.2, 0.25) is 0 Å². The van der Waals surface area contributed by atoms with Crippen molar-refractivity contribution < 1.29 is 14.6 Å². The van der Waals surface area contributed by atoms with E-state index in [0.717, 1.165) is 28.1 Å². The SMILES string of the molecule is COc1c(C2CC(O)c3cc(C)ccc3O2)c(C)nn1C. The van der Waals surface area contributed by atoms with E-state index in [4.69, 9.17) is 9.47 Å². The Bertz CT molecular complexity index is 678. The number of aliphatic hydroxyl groups is 1. The third-order valence-electron chi connectivity index (χ3n) is 3.96. The number of ether oxygens (including phenoxy) is 2. The average Bonchev–Trinajstić information content (AvgIpc) is 2.73. The van der Waals surface area contributed by atoms with E-state index < -0.39 is 6.10 Å². The van der Waals surface area contributed by atoms with Crippen molar-refractivity contribution in [3.63, 3.8) is 0 Å². The zero-order chi connectivity index (χ0) is 15.1. The number of nitrogens with zero attached hydrogens (tertiary/aromatic N) is 2. The highest BCUT2D eigenvalue weighted by atomic mass is 16.5. The minimum Gasteiger partial charge on any atom is -0.485 e. The molecule has 3 rings (SSSR count). The molecule has 2 atom stereocenters. The molecular formula is C16H20N2O3. The lowest BCUT2D eigenvalue weighted by Gasteiger charge is -2.30. The number of fused-ring (bicyclic) bond motifs is 1. The molecule has 21 heavy (non-hydrogen) atoms. The summed E-state index contributed by atoms with van der Waals surface area (Å²) >= 11 is 0. The van der Waals surface area contributed by atoms with Gasteiger partial charge in [-0.2, -0.15) is 5.10 Å². The molecular weight excluding hydrogens is 268 g/mol. The van der Waals surface area contributed by atoms with Crippen molar-refractivity contribution in [2.24, 2.45) is 7.05 Å². The van der Waals surface area contributed by atoms with Gasteiger partial charge in [-0.15, -0.1) is 0 Å². The van der Waals surface area contributed by atoms with E-state index in [1.807, 2.05) is 39.1 Å². The summed E-state index contributed by atoms with van der Waals surface area (Å²) in [6.07, 6.45) is -0.291. The normalized spacial score (nSPS) is 20.8. The molecule has 5 nitrogen and oxygen atoms in total. The Kier molecular flexibility index (Phi) is 3.37. The van der Waals surface area contributed by atoms with Crippen LogP contribution in [0, 0.1) is 13.8 Å². The molecule has 112 valence electrons. The second kappa shape index (κ2) is 5.07. The first kappa shape index (κ1) is 13.9. The molecule has 0 aliphatic carbocycles. The van der Waals surface area contributed by atoms with Crippen molar-refractivity contribution in [3.05, 3.63) is 40.6 Å². The van der Waals surface area contributed by atoms with Gasteiger partial charge in [-0.05, 0) is 26.0 Å². The fraction of sp³-hybridized carbons (Fsp3) is 0.438. The van der Waals surface area contributed by atoms with Gasteiger partial charge in [-0.1, -0.05) is 11.6 Å². The van der Waals surface area contributed by atoms with E-state index in [1.54, 1.807) is 11.8 Å². The summed E-state index contributed by atoms with van der Waals surface area (Å²) in [4.78, 5) is 0. The van der Waals surface area contributed by atoms with Gasteiger partial charge in [0.2, 0.25) is 5.88 Å². The zero-order valence-electron chi connectivity index (χ0n) is 12.8. The molecule has 0 fully saturated rings. The Balaban J connectivity index is 2.02. The van der Waals surface area contributed by atoms with Crippen LogP contribution in [0.5, 0.6) is 11.6 Å². The quantitative estimate of drug-likeness (QED) is 0.923. The summed E-state index contributed by atoms with van der Waals surface area (Å²) < 4.78 is 13.2. The number of aryl methyl sites for hydroxylation is 3. The first-order valence-corrected chi connectivity index (χ1v) is 7.04. The lowest BCUT2D eigenvalue weighted by atomic mass is 9.94. The Morgan fingerprint density at radius 1 is 1.38 bits per heavy atom. The molecule has 0 spiro atoms. The zero-order valence-corrected chi connectivity index (χ0v) is 12.8. The maximum Gasteiger partial charge on any atom is 0.218 e. The monoisotopic (exact) mass is 288 g/mol. The maximum atomic E-state index is 10.4. The summed E-state index contributed by atoms with van der Waals surface area (Å²) in [6.45, 7) is 3.94. The first-order valence-electron chi connectivity index (χ1n) is 7.04. The van der Waals surface area contributed by atoms with Crippen molar-refractivity contribution in [2.75, 3.05) is 7.11 Å². The lowest BCUT2D eigenvalue weighted by Crippen LogP contribution is -2.20. The Morgan fingerprint density at radius 2 is 2.14 bits per heavy atom. The predicted octanol–water partition coefficient (Wildman–Crippen LogP) is 2.60. The van der Waals surface area contributed by atoms with Crippen LogP contribution in [0.15, 0.2) is 18.2 Å². The number of hydrogen-bond acceptors (Lipinski definition) is 4. The minimum absolute atomic E-state index is 0.251. The van der Waals surface area contributed by atoms with Crippen molar-refractivity contribution in [1.29, 1.82) is 0 Å². The van der Waals surface area contributed by atoms with Gasteiger partial charge < -0.3 is 14.6 Å². The van der Waals surface area contributed by atoms with Crippen molar-refractivity contribution in [1.82, 2.24) is 9.78 Å². The van der Waals surface area contributed by atoms with Gasteiger partial charge in [0, 0.05) is 19.0 Å². The van der Waals surface area contributed by atoms with Crippen LogP contribution in [-0.4, -0.2) is 22.0 Å². The molecule has 2 unspecified atom stereocenters. The van der Waals surface area contributed by atoms with E-state index >= 15 is 0 Å². The maximum absolute atomic E-state index is 10.4. The van der Waals surface area contributed by atoms with Crippen LogP contribution in [0.4, 0.5) is 0 Å². The van der Waals surface area contributed by atoms with Crippen LogP contribution in [0.1, 0.15) is 41.0 Å². The molecule has 1 aliphatic rings. The van der Waals surface area contributed by atoms with E-state index in [1.165, 1.54) is 0 Å². The van der Waals surface area contributed by atoms with Crippen LogP contribution in [0.3, 0.4) is 0 Å². The number of methoxy groups -OCH3 is 1. The molecule has 5 heteroatoms. The smallest absolute Gasteiger partial charge is 0.218 e. The number of aromatic nitrogens is 2. The van der Waals surface area contributed by atoms with Crippen molar-refractivity contribution in [2.45, 2.75) is 32.5 Å². The summed E-state index contributed by atoms with van der Waals surface area (Å²) in [5, 5.41) is 14.8. The predicted molar refractivity (Wildman–Crippen MR) is 78.6 cm³/mol. The second-order valence-corrected chi connectivity index (χ2v) is 5.53. The Labute approximate surface area is 124 Å². The Hall–Kier alpha value is -2.01. The number of hydrogen-bond donors (Lipinski definition) is 1. The second-order valence-electron chi connectivity index (χ2n) is 5.53. The molecule has 1 N–H and O–H groups in total. The van der Waals surface area contributed by atoms with E-state index in [-0.39, 0.29) is 6.10 Å². The van der Waals surface area contributed by atoms with E-state index in [2.05, 4.69) is 5.10 Å². The van der Waals surface area contributed by atoms with Crippen LogP contribution in [-0.2, 0) is 7.05 Å². The molecule has 1 aliphatic heterocycles. The van der Waals surface area contributed by atoms with Crippen LogP contribution in [0.25, 0.3) is 0 Å². The molecule has 0 amide bonds. The largest absolute Gasteiger partial charge is 0.485 e. The highest BCUT2D eigenvalue weighted by molar-refractivity contribution is 5.43. The third-order valence-corrected chi connectivity index (χ3v) is 3.96. The summed E-state index contributed by atoms with van der Waals surface area (Å²) in [6, 6.07) is 5.88. The molecule has 0 radical (unpaired) electrons. The average molecular weight is 288 g/mol. The van der Waals surface area contributed by atoms with Crippen LogP contribution < -0.4 is 9.47 Å². The first-order chi connectivity index (χ1) is 10.0. The van der Waals surface area contributed by atoms with Gasteiger partial charge in [0.15, 0.2) is 0 Å². The lowest BCUT2D eigenvalue weighted by molar-refractivity contribution is 0.0640. The number of aliphatic hydroxyl groups excluding tert-OH is 1. The molecule has 1 aromatic carbocycles. The Morgan fingerprint density at radius 3 is 2.86 bits per heavy atom. The molecule has 2 aromatic rings. The molecule has 0 bridgehead atoms. The fourth-order valence-electron chi connectivity index (χ4n) is 3.01. The van der Waals surface area contributed by atoms with E-state index in [9.17, 15) is 5.11 Å². The van der Waals surface area contributed by atoms with Gasteiger partial charge in [0.25, 0.3) is 0 Å². The topological polar surface area (TPSA) is 56.5 Å². The summed E-state index contributed by atoms with van der Waals surface area (Å²) in [7, 11) is 3.46. The minimum atomic E-state index is -0.539. The molecule has 0 saturated carbocycles. The number of benzene rings is 1. The summed E-state index contributed by atoms with van der Waals surface area (Å²) in [5.41, 5.74) is 3.74.